The Morgan fingerprint density at radius 3 is 2.81 bits per heavy atom. The first-order valence-electron chi connectivity index (χ1n) is 9.06. The Hall–Kier alpha value is -2.24. The van der Waals surface area contributed by atoms with Crippen molar-refractivity contribution in [2.24, 2.45) is 5.41 Å². The van der Waals surface area contributed by atoms with Crippen LogP contribution in [-0.2, 0) is 0 Å². The quantitative estimate of drug-likeness (QED) is 0.863. The predicted octanol–water partition coefficient (Wildman–Crippen LogP) is 2.54. The van der Waals surface area contributed by atoms with Gasteiger partial charge in [-0.1, -0.05) is 24.3 Å². The fourth-order valence-electron chi connectivity index (χ4n) is 4.11. The van der Waals surface area contributed by atoms with Crippen LogP contribution in [-0.4, -0.2) is 56.6 Å². The van der Waals surface area contributed by atoms with Crippen LogP contribution >= 0.6 is 0 Å². The molecule has 2 aliphatic rings. The van der Waals surface area contributed by atoms with Crippen LogP contribution in [0, 0.1) is 5.41 Å². The van der Waals surface area contributed by atoms with Crippen molar-refractivity contribution in [1.82, 2.24) is 4.90 Å². The van der Waals surface area contributed by atoms with Gasteiger partial charge in [-0.2, -0.15) is 0 Å². The fraction of sp³-hybridized carbons (Fsp3) is 0.429. The fourth-order valence-corrected chi connectivity index (χ4v) is 4.11. The number of aliphatic hydroxyl groups is 1. The van der Waals surface area contributed by atoms with Gasteiger partial charge in [0.05, 0.1) is 20.3 Å². The lowest BCUT2D eigenvalue weighted by atomic mass is 9.74. The first-order valence-corrected chi connectivity index (χ1v) is 9.06. The zero-order valence-electron chi connectivity index (χ0n) is 15.1. The molecule has 1 saturated heterocycles. The summed E-state index contributed by atoms with van der Waals surface area (Å²) in [6, 6.07) is 15.9. The molecule has 4 rings (SSSR count). The van der Waals surface area contributed by atoms with E-state index in [0.717, 1.165) is 42.4 Å². The van der Waals surface area contributed by atoms with Crippen molar-refractivity contribution in [1.29, 1.82) is 0 Å². The van der Waals surface area contributed by atoms with Crippen LogP contribution < -0.4 is 14.2 Å². The predicted molar refractivity (Wildman–Crippen MR) is 99.1 cm³/mol. The van der Waals surface area contributed by atoms with Gasteiger partial charge in [0.15, 0.2) is 0 Å². The minimum absolute atomic E-state index is 0.124. The van der Waals surface area contributed by atoms with Crippen molar-refractivity contribution in [3.63, 3.8) is 0 Å². The van der Waals surface area contributed by atoms with Crippen LogP contribution in [0.3, 0.4) is 0 Å². The van der Waals surface area contributed by atoms with Gasteiger partial charge in [0.2, 0.25) is 0 Å². The average Bonchev–Trinajstić information content (AvgIpc) is 3.08. The molecule has 2 aromatic rings. The third-order valence-corrected chi connectivity index (χ3v) is 5.56. The Morgan fingerprint density at radius 1 is 1.19 bits per heavy atom. The minimum Gasteiger partial charge on any atom is -0.497 e. The Morgan fingerprint density at radius 2 is 2.04 bits per heavy atom. The lowest BCUT2D eigenvalue weighted by Gasteiger charge is -2.38. The molecular weight excluding hydrogens is 330 g/mol. The molecule has 5 heteroatoms. The molecule has 1 fully saturated rings. The zero-order valence-corrected chi connectivity index (χ0v) is 15.1. The van der Waals surface area contributed by atoms with E-state index in [1.54, 1.807) is 7.11 Å². The molecular formula is C21H25NO4. The highest BCUT2D eigenvalue weighted by atomic mass is 16.5. The lowest BCUT2D eigenvalue weighted by Crippen LogP contribution is -2.42. The number of hydrogen-bond acceptors (Lipinski definition) is 5. The molecule has 0 bridgehead atoms. The topological polar surface area (TPSA) is 51.2 Å². The summed E-state index contributed by atoms with van der Waals surface area (Å²) in [4.78, 5) is 2.37. The molecule has 5 nitrogen and oxygen atoms in total. The van der Waals surface area contributed by atoms with E-state index < -0.39 is 0 Å². The van der Waals surface area contributed by atoms with Gasteiger partial charge in [-0.3, -0.25) is 4.90 Å². The highest BCUT2D eigenvalue weighted by Gasteiger charge is 2.50. The van der Waals surface area contributed by atoms with Crippen molar-refractivity contribution in [3.05, 3.63) is 54.1 Å². The number of hydrogen-bond donors (Lipinski definition) is 1. The summed E-state index contributed by atoms with van der Waals surface area (Å²) in [6.45, 7) is 3.84. The molecule has 0 saturated carbocycles. The van der Waals surface area contributed by atoms with Gasteiger partial charge in [-0.15, -0.1) is 0 Å². The van der Waals surface area contributed by atoms with Crippen molar-refractivity contribution in [2.45, 2.75) is 5.92 Å². The number of methoxy groups -OCH3 is 1. The maximum absolute atomic E-state index is 10.1. The molecule has 0 amide bonds. The van der Waals surface area contributed by atoms with Gasteiger partial charge in [-0.05, 0) is 23.8 Å². The number of aliphatic hydroxyl groups excluding tert-OH is 1. The van der Waals surface area contributed by atoms with Crippen molar-refractivity contribution in [2.75, 3.05) is 46.6 Å². The molecule has 26 heavy (non-hydrogen) atoms. The van der Waals surface area contributed by atoms with Gasteiger partial charge in [0, 0.05) is 37.0 Å². The molecule has 2 atom stereocenters. The van der Waals surface area contributed by atoms with Gasteiger partial charge >= 0.3 is 0 Å². The SMILES string of the molecule is COc1ccc2c(c1)OCC1(CO)CN(CCOc3ccccc3)CC21. The normalized spacial score (nSPS) is 24.5. The van der Waals surface area contributed by atoms with Crippen LogP contribution in [0.25, 0.3) is 0 Å². The van der Waals surface area contributed by atoms with E-state index in [-0.39, 0.29) is 17.9 Å². The van der Waals surface area contributed by atoms with E-state index in [9.17, 15) is 5.11 Å². The van der Waals surface area contributed by atoms with E-state index in [4.69, 9.17) is 14.2 Å². The van der Waals surface area contributed by atoms with Gasteiger partial charge < -0.3 is 19.3 Å². The van der Waals surface area contributed by atoms with Crippen molar-refractivity contribution >= 4 is 0 Å². The number of para-hydroxylation sites is 1. The summed E-state index contributed by atoms with van der Waals surface area (Å²) in [7, 11) is 1.66. The summed E-state index contributed by atoms with van der Waals surface area (Å²) in [5, 5.41) is 10.1. The number of rotatable bonds is 6. The van der Waals surface area contributed by atoms with Crippen LogP contribution in [0.5, 0.6) is 17.2 Å². The van der Waals surface area contributed by atoms with Crippen LogP contribution in [0.4, 0.5) is 0 Å². The Kier molecular flexibility index (Phi) is 4.74. The third kappa shape index (κ3) is 3.13. The lowest BCUT2D eigenvalue weighted by molar-refractivity contribution is 0.0452. The smallest absolute Gasteiger partial charge is 0.126 e. The summed E-state index contributed by atoms with van der Waals surface area (Å²) >= 11 is 0. The van der Waals surface area contributed by atoms with E-state index in [2.05, 4.69) is 11.0 Å². The Balaban J connectivity index is 1.45. The first-order chi connectivity index (χ1) is 12.7. The van der Waals surface area contributed by atoms with Gasteiger partial charge in [-0.25, -0.2) is 0 Å². The summed E-state index contributed by atoms with van der Waals surface area (Å²) < 4.78 is 17.1. The summed E-state index contributed by atoms with van der Waals surface area (Å²) in [5.74, 6) is 2.83. The van der Waals surface area contributed by atoms with E-state index in [0.29, 0.717) is 13.2 Å². The van der Waals surface area contributed by atoms with Crippen molar-refractivity contribution in [3.8, 4) is 17.2 Å². The zero-order chi connectivity index (χ0) is 18.0. The van der Waals surface area contributed by atoms with Crippen LogP contribution in [0.1, 0.15) is 11.5 Å². The second kappa shape index (κ2) is 7.17. The first kappa shape index (κ1) is 17.2. The number of benzene rings is 2. The highest BCUT2D eigenvalue weighted by Crippen LogP contribution is 2.49. The van der Waals surface area contributed by atoms with Crippen LogP contribution in [0.2, 0.25) is 0 Å². The number of fused-ring (bicyclic) bond motifs is 3. The highest BCUT2D eigenvalue weighted by molar-refractivity contribution is 5.46. The van der Waals surface area contributed by atoms with Crippen LogP contribution in [0.15, 0.2) is 48.5 Å². The molecule has 2 aliphatic heterocycles. The number of nitrogens with zero attached hydrogens (tertiary/aromatic N) is 1. The monoisotopic (exact) mass is 355 g/mol. The molecule has 0 aromatic heterocycles. The Labute approximate surface area is 154 Å². The number of ether oxygens (including phenoxy) is 3. The molecule has 138 valence electrons. The maximum Gasteiger partial charge on any atom is 0.126 e. The standard InChI is InChI=1S/C21H25NO4/c1-24-17-7-8-18-19-12-22(9-10-25-16-5-3-2-4-6-16)13-21(19,14-23)15-26-20(18)11-17/h2-8,11,19,23H,9-10,12-15H2,1H3. The molecule has 0 spiro atoms. The summed E-state index contributed by atoms with van der Waals surface area (Å²) in [5.41, 5.74) is 0.923. The second-order valence-corrected chi connectivity index (χ2v) is 7.16. The van der Waals surface area contributed by atoms with E-state index in [1.807, 2.05) is 42.5 Å². The van der Waals surface area contributed by atoms with Gasteiger partial charge in [0.25, 0.3) is 0 Å². The largest absolute Gasteiger partial charge is 0.497 e. The van der Waals surface area contributed by atoms with Gasteiger partial charge in [0.1, 0.15) is 23.9 Å². The average molecular weight is 355 g/mol. The molecule has 2 unspecified atom stereocenters. The molecule has 2 aromatic carbocycles. The molecule has 1 N–H and O–H groups in total. The van der Waals surface area contributed by atoms with Crippen molar-refractivity contribution < 1.29 is 19.3 Å². The summed E-state index contributed by atoms with van der Waals surface area (Å²) in [6.07, 6.45) is 0. The number of likely N-dealkylation sites (tertiary alicyclic amines) is 1. The molecule has 2 heterocycles. The third-order valence-electron chi connectivity index (χ3n) is 5.56. The molecule has 0 aliphatic carbocycles. The van der Waals surface area contributed by atoms with E-state index in [1.165, 1.54) is 0 Å². The van der Waals surface area contributed by atoms with E-state index >= 15 is 0 Å². The maximum atomic E-state index is 10.1. The molecule has 0 radical (unpaired) electrons. The Bertz CT molecular complexity index is 751. The second-order valence-electron chi connectivity index (χ2n) is 7.16. The minimum atomic E-state index is -0.242.